The van der Waals surface area contributed by atoms with Crippen molar-refractivity contribution in [2.24, 2.45) is 0 Å². The van der Waals surface area contributed by atoms with Crippen molar-refractivity contribution >= 4 is 22.6 Å². The first kappa shape index (κ1) is 14.7. The average molecular weight is 315 g/mol. The minimum absolute atomic E-state index is 0.0212. The van der Waals surface area contributed by atoms with Crippen LogP contribution in [0.4, 0.5) is 8.78 Å². The third-order valence-electron chi connectivity index (χ3n) is 3.86. The Bertz CT molecular complexity index is 638. The maximum Gasteiger partial charge on any atom is 0.184 e. The second-order valence-corrected chi connectivity index (χ2v) is 5.67. The lowest BCUT2D eigenvalue weighted by Gasteiger charge is -2.24. The van der Waals surface area contributed by atoms with Crippen molar-refractivity contribution in [3.8, 4) is 0 Å². The Morgan fingerprint density at radius 1 is 1.33 bits per heavy atom. The second-order valence-electron chi connectivity index (χ2n) is 5.30. The Morgan fingerprint density at radius 2 is 2.19 bits per heavy atom. The second kappa shape index (κ2) is 6.28. The van der Waals surface area contributed by atoms with Gasteiger partial charge < -0.3 is 9.30 Å². The van der Waals surface area contributed by atoms with Crippen LogP contribution in [-0.4, -0.2) is 28.1 Å². The molecule has 21 heavy (non-hydrogen) atoms. The summed E-state index contributed by atoms with van der Waals surface area (Å²) in [6, 6.07) is 2.61. The number of nitrogens with zero attached hydrogens (tertiary/aromatic N) is 2. The van der Waals surface area contributed by atoms with Crippen LogP contribution in [0.25, 0.3) is 11.0 Å². The monoisotopic (exact) mass is 314 g/mol. The lowest BCUT2D eigenvalue weighted by molar-refractivity contribution is 0.00614. The van der Waals surface area contributed by atoms with Gasteiger partial charge in [0.2, 0.25) is 0 Å². The number of alkyl halides is 1. The summed E-state index contributed by atoms with van der Waals surface area (Å²) in [7, 11) is 0. The van der Waals surface area contributed by atoms with E-state index >= 15 is 0 Å². The Hall–Kier alpha value is -1.20. The summed E-state index contributed by atoms with van der Waals surface area (Å²) >= 11 is 5.80. The Morgan fingerprint density at radius 3 is 2.90 bits per heavy atom. The molecule has 1 aliphatic heterocycles. The van der Waals surface area contributed by atoms with E-state index in [9.17, 15) is 8.78 Å². The number of benzene rings is 1. The molecule has 1 aliphatic rings. The van der Waals surface area contributed by atoms with Gasteiger partial charge in [0.25, 0.3) is 0 Å². The molecule has 1 unspecified atom stereocenters. The van der Waals surface area contributed by atoms with Crippen molar-refractivity contribution in [2.75, 3.05) is 12.5 Å². The summed E-state index contributed by atoms with van der Waals surface area (Å²) in [6.45, 7) is 1.21. The number of fused-ring (bicyclic) bond motifs is 1. The summed E-state index contributed by atoms with van der Waals surface area (Å²) in [6.07, 6.45) is 3.62. The van der Waals surface area contributed by atoms with Crippen LogP contribution in [0.15, 0.2) is 12.1 Å². The molecule has 1 fully saturated rings. The molecule has 2 heterocycles. The van der Waals surface area contributed by atoms with Crippen molar-refractivity contribution in [3.63, 3.8) is 0 Å². The predicted molar refractivity (Wildman–Crippen MR) is 77.7 cm³/mol. The van der Waals surface area contributed by atoms with Crippen LogP contribution in [0.2, 0.25) is 0 Å². The van der Waals surface area contributed by atoms with Crippen molar-refractivity contribution in [2.45, 2.75) is 38.3 Å². The van der Waals surface area contributed by atoms with Gasteiger partial charge in [-0.15, -0.1) is 11.6 Å². The number of aryl methyl sites for hydroxylation is 1. The first-order valence-corrected chi connectivity index (χ1v) is 7.75. The van der Waals surface area contributed by atoms with Crippen LogP contribution in [-0.2, 0) is 17.7 Å². The van der Waals surface area contributed by atoms with Gasteiger partial charge >= 0.3 is 0 Å². The molecule has 0 aliphatic carbocycles. The summed E-state index contributed by atoms with van der Waals surface area (Å²) in [5.41, 5.74) is 0.675. The summed E-state index contributed by atoms with van der Waals surface area (Å²) < 4.78 is 35.1. The van der Waals surface area contributed by atoms with Crippen molar-refractivity contribution < 1.29 is 13.5 Å². The third kappa shape index (κ3) is 2.90. The van der Waals surface area contributed by atoms with E-state index < -0.39 is 11.6 Å². The first-order chi connectivity index (χ1) is 10.2. The van der Waals surface area contributed by atoms with Gasteiger partial charge in [-0.3, -0.25) is 0 Å². The van der Waals surface area contributed by atoms with Gasteiger partial charge in [0.15, 0.2) is 11.6 Å². The molecule has 0 radical (unpaired) electrons. The van der Waals surface area contributed by atoms with Gasteiger partial charge in [0.1, 0.15) is 11.3 Å². The normalized spacial score (nSPS) is 19.3. The van der Waals surface area contributed by atoms with E-state index in [-0.39, 0.29) is 11.6 Å². The number of imidazole rings is 1. The fraction of sp³-hybridized carbons (Fsp3) is 0.533. The lowest BCUT2D eigenvalue weighted by Crippen LogP contribution is -2.25. The molecule has 6 heteroatoms. The predicted octanol–water partition coefficient (Wildman–Crippen LogP) is 3.66. The largest absolute Gasteiger partial charge is 0.376 e. The molecule has 2 aromatic rings. The molecule has 0 amide bonds. The summed E-state index contributed by atoms with van der Waals surface area (Å²) in [5, 5.41) is 0. The number of aromatic nitrogens is 2. The molecule has 3 nitrogen and oxygen atoms in total. The van der Waals surface area contributed by atoms with Crippen molar-refractivity contribution in [3.05, 3.63) is 29.6 Å². The van der Waals surface area contributed by atoms with Crippen LogP contribution in [0, 0.1) is 11.6 Å². The minimum atomic E-state index is -0.856. The molecule has 0 spiro atoms. The highest BCUT2D eigenvalue weighted by Gasteiger charge is 2.21. The Kier molecular flexibility index (Phi) is 4.40. The van der Waals surface area contributed by atoms with Crippen LogP contribution < -0.4 is 0 Å². The average Bonchev–Trinajstić information content (AvgIpc) is 2.83. The fourth-order valence-electron chi connectivity index (χ4n) is 2.83. The molecule has 3 rings (SSSR count). The zero-order chi connectivity index (χ0) is 14.8. The van der Waals surface area contributed by atoms with Crippen LogP contribution in [0.3, 0.4) is 0 Å². The van der Waals surface area contributed by atoms with Gasteiger partial charge in [-0.25, -0.2) is 13.8 Å². The highest BCUT2D eigenvalue weighted by molar-refractivity contribution is 6.17. The summed E-state index contributed by atoms with van der Waals surface area (Å²) in [4.78, 5) is 4.39. The van der Waals surface area contributed by atoms with Crippen LogP contribution in [0.1, 0.15) is 25.1 Å². The highest BCUT2D eigenvalue weighted by Crippen LogP contribution is 2.25. The van der Waals surface area contributed by atoms with Crippen LogP contribution >= 0.6 is 11.6 Å². The first-order valence-electron chi connectivity index (χ1n) is 7.21. The molecule has 0 saturated carbocycles. The number of hydrogen-bond donors (Lipinski definition) is 0. The Balaban J connectivity index is 2.03. The van der Waals surface area contributed by atoms with Gasteiger partial charge in [-0.2, -0.15) is 0 Å². The topological polar surface area (TPSA) is 27.1 Å². The number of rotatable bonds is 4. The molecular formula is C15H17ClF2N2O. The van der Waals surface area contributed by atoms with E-state index in [1.807, 2.05) is 0 Å². The van der Waals surface area contributed by atoms with Crippen molar-refractivity contribution in [1.82, 2.24) is 9.55 Å². The number of ether oxygens (including phenoxy) is 1. The van der Waals surface area contributed by atoms with E-state index in [1.165, 1.54) is 6.07 Å². The van der Waals surface area contributed by atoms with Gasteiger partial charge in [-0.1, -0.05) is 0 Å². The maximum atomic E-state index is 14.2. The number of hydrogen-bond acceptors (Lipinski definition) is 2. The molecular weight excluding hydrogens is 298 g/mol. The van der Waals surface area contributed by atoms with E-state index in [0.717, 1.165) is 31.9 Å². The third-order valence-corrected chi connectivity index (χ3v) is 4.05. The standard InChI is InChI=1S/C15H17ClF2N2O/c16-7-6-13-19-12-5-4-11(17)14(18)15(12)20(13)9-10-3-1-2-8-21-10/h4-5,10H,1-3,6-9H2. The van der Waals surface area contributed by atoms with Crippen molar-refractivity contribution in [1.29, 1.82) is 0 Å². The molecule has 0 bridgehead atoms. The fourth-order valence-corrected chi connectivity index (χ4v) is 3.00. The molecule has 1 atom stereocenters. The van der Waals surface area contributed by atoms with Crippen LogP contribution in [0.5, 0.6) is 0 Å². The molecule has 1 aromatic carbocycles. The SMILES string of the molecule is Fc1ccc2nc(CCCl)n(CC3CCCCO3)c2c1F. The quantitative estimate of drug-likeness (QED) is 0.805. The smallest absolute Gasteiger partial charge is 0.184 e. The molecule has 114 valence electrons. The zero-order valence-corrected chi connectivity index (χ0v) is 12.4. The van der Waals surface area contributed by atoms with E-state index in [1.54, 1.807) is 4.57 Å². The molecule has 0 N–H and O–H groups in total. The summed E-state index contributed by atoms with van der Waals surface area (Å²) in [5.74, 6) is -0.639. The molecule has 1 saturated heterocycles. The molecule has 1 aromatic heterocycles. The minimum Gasteiger partial charge on any atom is -0.376 e. The Labute approximate surface area is 126 Å². The highest BCUT2D eigenvalue weighted by atomic mass is 35.5. The number of halogens is 3. The van der Waals surface area contributed by atoms with Gasteiger partial charge in [-0.05, 0) is 31.4 Å². The van der Waals surface area contributed by atoms with E-state index in [0.29, 0.717) is 30.2 Å². The maximum absolute atomic E-state index is 14.2. The van der Waals surface area contributed by atoms with Gasteiger partial charge in [0, 0.05) is 18.9 Å². The van der Waals surface area contributed by atoms with E-state index in [2.05, 4.69) is 4.98 Å². The lowest BCUT2D eigenvalue weighted by atomic mass is 10.1. The van der Waals surface area contributed by atoms with E-state index in [4.69, 9.17) is 16.3 Å². The zero-order valence-electron chi connectivity index (χ0n) is 11.6. The van der Waals surface area contributed by atoms with Gasteiger partial charge in [0.05, 0.1) is 18.2 Å².